The molecule has 2 aromatic carbocycles. The Morgan fingerprint density at radius 2 is 2.09 bits per heavy atom. The van der Waals surface area contributed by atoms with Crippen molar-refractivity contribution in [3.8, 4) is 0 Å². The van der Waals surface area contributed by atoms with Crippen molar-refractivity contribution in [2.24, 2.45) is 0 Å². The third-order valence-corrected chi connectivity index (χ3v) is 3.89. The molecule has 23 heavy (non-hydrogen) atoms. The Morgan fingerprint density at radius 1 is 1.30 bits per heavy atom. The molecule has 1 unspecified atom stereocenters. The molecular formula is C18H17ClO4. The lowest BCUT2D eigenvalue weighted by atomic mass is 9.99. The predicted octanol–water partition coefficient (Wildman–Crippen LogP) is 3.61. The number of carbonyl (C=O) groups is 2. The average molecular weight is 333 g/mol. The summed E-state index contributed by atoms with van der Waals surface area (Å²) in [5.74, 6) is -0.512. The van der Waals surface area contributed by atoms with Gasteiger partial charge >= 0.3 is 5.97 Å². The molecule has 0 saturated heterocycles. The van der Waals surface area contributed by atoms with Crippen LogP contribution in [-0.4, -0.2) is 24.5 Å². The first kappa shape index (κ1) is 17.2. The number of aliphatic hydroxyl groups excluding tert-OH is 1. The Balaban J connectivity index is 2.05. The molecule has 0 aliphatic heterocycles. The fraction of sp³-hybridized carbons (Fsp3) is 0.222. The highest BCUT2D eigenvalue weighted by Crippen LogP contribution is 2.25. The molecule has 1 atom stereocenters. The Morgan fingerprint density at radius 3 is 2.74 bits per heavy atom. The molecule has 1 N–H and O–H groups in total. The van der Waals surface area contributed by atoms with Gasteiger partial charge in [-0.3, -0.25) is 4.79 Å². The molecule has 0 amide bonds. The van der Waals surface area contributed by atoms with Gasteiger partial charge in [0.05, 0.1) is 23.8 Å². The first-order valence-corrected chi connectivity index (χ1v) is 7.53. The minimum Gasteiger partial charge on any atom is -0.465 e. The first-order chi connectivity index (χ1) is 11.0. The minimum absolute atomic E-state index is 0.247. The number of rotatable bonds is 6. The summed E-state index contributed by atoms with van der Waals surface area (Å²) in [6, 6.07) is 12.0. The average Bonchev–Trinajstić information content (AvgIpc) is 2.59. The van der Waals surface area contributed by atoms with Crippen LogP contribution in [0.3, 0.4) is 0 Å². The Labute approximate surface area is 139 Å². The third-order valence-electron chi connectivity index (χ3n) is 3.58. The third kappa shape index (κ3) is 4.41. The molecule has 0 saturated carbocycles. The number of esters is 1. The van der Waals surface area contributed by atoms with E-state index >= 15 is 0 Å². The molecule has 0 heterocycles. The van der Waals surface area contributed by atoms with Crippen LogP contribution in [0, 0.1) is 0 Å². The van der Waals surface area contributed by atoms with Gasteiger partial charge in [0.15, 0.2) is 0 Å². The number of ether oxygens (including phenoxy) is 1. The lowest BCUT2D eigenvalue weighted by molar-refractivity contribution is 0.0600. The highest BCUT2D eigenvalue weighted by Gasteiger charge is 2.14. The highest BCUT2D eigenvalue weighted by molar-refractivity contribution is 6.33. The van der Waals surface area contributed by atoms with Crippen molar-refractivity contribution < 1.29 is 19.4 Å². The summed E-state index contributed by atoms with van der Waals surface area (Å²) in [5, 5.41) is 10.5. The van der Waals surface area contributed by atoms with Gasteiger partial charge in [0.25, 0.3) is 0 Å². The van der Waals surface area contributed by atoms with E-state index in [0.29, 0.717) is 24.0 Å². The van der Waals surface area contributed by atoms with E-state index in [9.17, 15) is 14.7 Å². The number of hydrogen-bond donors (Lipinski definition) is 1. The molecule has 120 valence electrons. The molecule has 0 aliphatic rings. The summed E-state index contributed by atoms with van der Waals surface area (Å²) in [6.07, 6.45) is 1.19. The van der Waals surface area contributed by atoms with Gasteiger partial charge in [0.2, 0.25) is 0 Å². The number of benzene rings is 2. The molecule has 0 radical (unpaired) electrons. The zero-order valence-electron chi connectivity index (χ0n) is 12.7. The fourth-order valence-electron chi connectivity index (χ4n) is 2.31. The maximum Gasteiger partial charge on any atom is 0.339 e. The number of aryl methyl sites for hydroxylation is 1. The van der Waals surface area contributed by atoms with E-state index in [2.05, 4.69) is 4.74 Å². The van der Waals surface area contributed by atoms with Crippen LogP contribution in [0.4, 0.5) is 0 Å². The molecule has 0 bridgehead atoms. The minimum atomic E-state index is -0.709. The Hall–Kier alpha value is -2.17. The number of carbonyl (C=O) groups excluding carboxylic acids is 2. The first-order valence-electron chi connectivity index (χ1n) is 7.15. The molecular weight excluding hydrogens is 316 g/mol. The Kier molecular flexibility index (Phi) is 5.90. The van der Waals surface area contributed by atoms with Crippen molar-refractivity contribution in [1.82, 2.24) is 0 Å². The zero-order chi connectivity index (χ0) is 16.8. The molecule has 0 aliphatic carbocycles. The molecule has 2 aromatic rings. The van der Waals surface area contributed by atoms with Gasteiger partial charge in [-0.2, -0.15) is 0 Å². The second-order valence-electron chi connectivity index (χ2n) is 5.15. The van der Waals surface area contributed by atoms with Gasteiger partial charge in [-0.05, 0) is 42.2 Å². The topological polar surface area (TPSA) is 63.6 Å². The molecule has 0 spiro atoms. The normalized spacial score (nSPS) is 11.8. The van der Waals surface area contributed by atoms with E-state index in [4.69, 9.17) is 11.6 Å². The summed E-state index contributed by atoms with van der Waals surface area (Å²) in [6.45, 7) is 0. The summed E-state index contributed by atoms with van der Waals surface area (Å²) >= 11 is 6.05. The maximum absolute atomic E-state index is 11.5. The number of halogens is 1. The summed E-state index contributed by atoms with van der Waals surface area (Å²) in [4.78, 5) is 22.3. The van der Waals surface area contributed by atoms with Gasteiger partial charge in [0, 0.05) is 5.56 Å². The van der Waals surface area contributed by atoms with Crippen LogP contribution >= 0.6 is 11.6 Å². The van der Waals surface area contributed by atoms with E-state index < -0.39 is 12.1 Å². The van der Waals surface area contributed by atoms with Crippen LogP contribution in [0.25, 0.3) is 0 Å². The van der Waals surface area contributed by atoms with E-state index in [-0.39, 0.29) is 10.6 Å². The van der Waals surface area contributed by atoms with Crippen molar-refractivity contribution in [1.29, 1.82) is 0 Å². The lowest BCUT2D eigenvalue weighted by Gasteiger charge is -2.13. The van der Waals surface area contributed by atoms with Crippen LogP contribution in [0.5, 0.6) is 0 Å². The standard InChI is InChI=1S/C18H17ClO4/c1-23-18(22)15-7-6-14(10-16(15)19)17(21)8-5-12-3-2-4-13(9-12)11-20/h2-4,6-7,9-11,17,21H,5,8H2,1H3. The second kappa shape index (κ2) is 7.90. The van der Waals surface area contributed by atoms with Crippen molar-refractivity contribution in [3.05, 3.63) is 69.7 Å². The highest BCUT2D eigenvalue weighted by atomic mass is 35.5. The number of hydrogen-bond acceptors (Lipinski definition) is 4. The molecule has 2 rings (SSSR count). The van der Waals surface area contributed by atoms with E-state index in [1.54, 1.807) is 30.3 Å². The predicted molar refractivity (Wildman–Crippen MR) is 87.9 cm³/mol. The smallest absolute Gasteiger partial charge is 0.339 e. The van der Waals surface area contributed by atoms with Crippen molar-refractivity contribution in [3.63, 3.8) is 0 Å². The number of methoxy groups -OCH3 is 1. The lowest BCUT2D eigenvalue weighted by Crippen LogP contribution is -2.05. The molecule has 0 fully saturated rings. The molecule has 0 aromatic heterocycles. The summed E-state index contributed by atoms with van der Waals surface area (Å²) in [7, 11) is 1.29. The zero-order valence-corrected chi connectivity index (χ0v) is 13.4. The van der Waals surface area contributed by atoms with Gasteiger partial charge in [-0.1, -0.05) is 35.9 Å². The SMILES string of the molecule is COC(=O)c1ccc(C(O)CCc2cccc(C=O)c2)cc1Cl. The fourth-order valence-corrected chi connectivity index (χ4v) is 2.57. The van der Waals surface area contributed by atoms with Gasteiger partial charge in [-0.25, -0.2) is 4.79 Å². The van der Waals surface area contributed by atoms with E-state index in [1.807, 2.05) is 12.1 Å². The quantitative estimate of drug-likeness (QED) is 0.648. The second-order valence-corrected chi connectivity index (χ2v) is 5.56. The van der Waals surface area contributed by atoms with Crippen LogP contribution in [0.15, 0.2) is 42.5 Å². The molecule has 5 heteroatoms. The largest absolute Gasteiger partial charge is 0.465 e. The van der Waals surface area contributed by atoms with Crippen LogP contribution in [-0.2, 0) is 11.2 Å². The maximum atomic E-state index is 11.5. The van der Waals surface area contributed by atoms with E-state index in [0.717, 1.165) is 11.8 Å². The van der Waals surface area contributed by atoms with Crippen LogP contribution in [0.2, 0.25) is 5.02 Å². The van der Waals surface area contributed by atoms with Crippen molar-refractivity contribution >= 4 is 23.9 Å². The van der Waals surface area contributed by atoms with Gasteiger partial charge in [0.1, 0.15) is 6.29 Å². The van der Waals surface area contributed by atoms with Gasteiger partial charge in [-0.15, -0.1) is 0 Å². The van der Waals surface area contributed by atoms with Crippen LogP contribution in [0.1, 0.15) is 44.4 Å². The van der Waals surface area contributed by atoms with Crippen LogP contribution < -0.4 is 0 Å². The monoisotopic (exact) mass is 332 g/mol. The van der Waals surface area contributed by atoms with Gasteiger partial charge < -0.3 is 9.84 Å². The molecule has 4 nitrogen and oxygen atoms in total. The number of aldehydes is 1. The Bertz CT molecular complexity index is 712. The van der Waals surface area contributed by atoms with Crippen molar-refractivity contribution in [2.45, 2.75) is 18.9 Å². The summed E-state index contributed by atoms with van der Waals surface area (Å²) < 4.78 is 4.63. The van der Waals surface area contributed by atoms with E-state index in [1.165, 1.54) is 7.11 Å². The van der Waals surface area contributed by atoms with Crippen molar-refractivity contribution in [2.75, 3.05) is 7.11 Å². The summed E-state index contributed by atoms with van der Waals surface area (Å²) in [5.41, 5.74) is 2.49. The number of aliphatic hydroxyl groups is 1.